The Morgan fingerprint density at radius 2 is 1.09 bits per heavy atom. The monoisotopic (exact) mass is 1160 g/mol. The molecule has 0 spiro atoms. The normalized spacial score (nSPS) is 54.7. The summed E-state index contributed by atoms with van der Waals surface area (Å²) in [4.78, 5) is 0. The molecule has 456 valence electrons. The number of allylic oxidation sites excluding steroid dienone is 2. The molecule has 8 fully saturated rings. The molecule has 0 aromatic carbocycles. The average molecular weight is 1160 g/mol. The van der Waals surface area contributed by atoms with Crippen molar-refractivity contribution in [2.24, 2.45) is 34.5 Å². The third kappa shape index (κ3) is 11.8. The summed E-state index contributed by atoms with van der Waals surface area (Å²) in [7, 11) is -4.84. The molecule has 5 unspecified atom stereocenters. The van der Waals surface area contributed by atoms with Crippen LogP contribution in [0.3, 0.4) is 0 Å². The summed E-state index contributed by atoms with van der Waals surface area (Å²) >= 11 is 0. The molecule has 5 aliphatic heterocycles. The predicted octanol–water partition coefficient (Wildman–Crippen LogP) is -3.66. The summed E-state index contributed by atoms with van der Waals surface area (Å²) in [6.45, 7) is 10.9. The van der Waals surface area contributed by atoms with E-state index in [1.807, 2.05) is 6.92 Å². The van der Waals surface area contributed by atoms with Gasteiger partial charge in [0.1, 0.15) is 97.7 Å². The lowest BCUT2D eigenvalue weighted by molar-refractivity contribution is -0.407. The first kappa shape index (κ1) is 62.2. The Morgan fingerprint density at radius 1 is 0.570 bits per heavy atom. The highest BCUT2D eigenvalue weighted by Gasteiger charge is 2.63. The molecule has 5 heterocycles. The van der Waals surface area contributed by atoms with Crippen molar-refractivity contribution in [3.05, 3.63) is 11.6 Å². The largest absolute Gasteiger partial charge is 0.397 e. The van der Waals surface area contributed by atoms with Crippen LogP contribution in [0.5, 0.6) is 0 Å². The summed E-state index contributed by atoms with van der Waals surface area (Å²) in [5.41, 5.74) is 0.389. The molecule has 0 bridgehead atoms. The van der Waals surface area contributed by atoms with Crippen LogP contribution in [-0.4, -0.2) is 258 Å². The van der Waals surface area contributed by atoms with Gasteiger partial charge in [-0.25, -0.2) is 4.18 Å². The average Bonchev–Trinajstić information content (AvgIpc) is 3.84. The van der Waals surface area contributed by atoms with Gasteiger partial charge >= 0.3 is 10.4 Å². The number of hydrogen-bond donors (Lipinski definition) is 14. The van der Waals surface area contributed by atoms with E-state index in [2.05, 4.69) is 19.9 Å². The first-order valence-corrected chi connectivity index (χ1v) is 29.0. The van der Waals surface area contributed by atoms with E-state index in [1.54, 1.807) is 0 Å². The number of aliphatic hydroxyl groups excluding tert-OH is 13. The van der Waals surface area contributed by atoms with Crippen molar-refractivity contribution >= 4 is 10.4 Å². The van der Waals surface area contributed by atoms with Crippen LogP contribution in [0.4, 0.5) is 0 Å². The van der Waals surface area contributed by atoms with E-state index < -0.39 is 200 Å². The Kier molecular flexibility index (Phi) is 18.8. The maximum absolute atomic E-state index is 12.4. The fourth-order valence-corrected chi connectivity index (χ4v) is 15.3. The SMILES string of the molecule is CC1O[C@@H](O[C@@H]2[C@@H](O)[C@H](O[C@H]3CC4C(=CC[C@@]5(C)C4CCC5[C@H](C)O)[C@@]4(C)CCC(OS(=O)(=O)O)C[C@H]34)O[C@H](C)[C@H]2O)[C@H](O[C@@H]2O[C@H](C)[C@@H](O)[C@H](O)[C@H]2O)[C@@H](O)[C@@H]1O[C@@H]1O[C@H](CO)[C@@H](O)[C@H](O)[C@H]1O[C@@H]1O[C@H](C)[C@H](O)[C@H](O)[C@H]1O. The van der Waals surface area contributed by atoms with Crippen LogP contribution in [-0.2, 0) is 62.0 Å². The molecule has 28 heteroatoms. The molecule has 3 saturated carbocycles. The topological polar surface area (TPSA) is 419 Å². The van der Waals surface area contributed by atoms with E-state index in [1.165, 1.54) is 33.3 Å². The second-order valence-electron chi connectivity index (χ2n) is 24.2. The van der Waals surface area contributed by atoms with Crippen molar-refractivity contribution in [1.29, 1.82) is 0 Å². The molecule has 4 aliphatic carbocycles. The van der Waals surface area contributed by atoms with E-state index in [9.17, 15) is 79.4 Å². The lowest BCUT2D eigenvalue weighted by Gasteiger charge is -2.59. The lowest BCUT2D eigenvalue weighted by Crippen LogP contribution is -2.68. The van der Waals surface area contributed by atoms with Crippen LogP contribution in [0.2, 0.25) is 0 Å². The summed E-state index contributed by atoms with van der Waals surface area (Å²) in [5.74, 6) is -0.319. The Labute approximate surface area is 458 Å². The van der Waals surface area contributed by atoms with Gasteiger partial charge in [0.15, 0.2) is 31.5 Å². The van der Waals surface area contributed by atoms with Gasteiger partial charge in [0.2, 0.25) is 0 Å². The van der Waals surface area contributed by atoms with Gasteiger partial charge in [-0.2, -0.15) is 8.42 Å². The minimum absolute atomic E-state index is 0.0357. The van der Waals surface area contributed by atoms with Crippen LogP contribution in [0.25, 0.3) is 0 Å². The molecular formula is C51H84O27S. The first-order chi connectivity index (χ1) is 37.0. The molecule has 9 aliphatic rings. The molecule has 0 radical (unpaired) electrons. The predicted molar refractivity (Wildman–Crippen MR) is 262 cm³/mol. The molecular weight excluding hydrogens is 1080 g/mol. The summed E-state index contributed by atoms with van der Waals surface area (Å²) in [6, 6.07) is 0. The van der Waals surface area contributed by atoms with Gasteiger partial charge in [-0.3, -0.25) is 4.55 Å². The minimum Gasteiger partial charge on any atom is -0.394 e. The maximum atomic E-state index is 12.4. The third-order valence-electron chi connectivity index (χ3n) is 19.3. The van der Waals surface area contributed by atoms with E-state index in [-0.39, 0.29) is 29.6 Å². The van der Waals surface area contributed by atoms with E-state index >= 15 is 0 Å². The zero-order valence-electron chi connectivity index (χ0n) is 45.2. The fraction of sp³-hybridized carbons (Fsp3) is 0.961. The Bertz CT molecular complexity index is 2210. The molecule has 0 aromatic heterocycles. The van der Waals surface area contributed by atoms with Crippen molar-refractivity contribution in [3.8, 4) is 0 Å². The molecule has 0 aromatic rings. The summed E-state index contributed by atoms with van der Waals surface area (Å²) in [5, 5.41) is 144. The van der Waals surface area contributed by atoms with Gasteiger partial charge in [-0.05, 0) is 114 Å². The molecule has 27 nitrogen and oxygen atoms in total. The number of ether oxygens (including phenoxy) is 10. The van der Waals surface area contributed by atoms with Gasteiger partial charge < -0.3 is 114 Å². The van der Waals surface area contributed by atoms with Gasteiger partial charge in [0.25, 0.3) is 0 Å². The van der Waals surface area contributed by atoms with Crippen molar-refractivity contribution < 1.29 is 131 Å². The maximum Gasteiger partial charge on any atom is 0.397 e. The van der Waals surface area contributed by atoms with Gasteiger partial charge in [-0.1, -0.05) is 25.5 Å². The van der Waals surface area contributed by atoms with Crippen molar-refractivity contribution in [2.75, 3.05) is 6.61 Å². The zero-order chi connectivity index (χ0) is 57.7. The first-order valence-electron chi connectivity index (χ1n) is 27.7. The zero-order valence-corrected chi connectivity index (χ0v) is 46.0. The Hall–Kier alpha value is -1.31. The van der Waals surface area contributed by atoms with Gasteiger partial charge in [0.05, 0.1) is 49.3 Å². The fourth-order valence-electron chi connectivity index (χ4n) is 14.8. The molecule has 9 rings (SSSR count). The quantitative estimate of drug-likeness (QED) is 0.0589. The van der Waals surface area contributed by atoms with Crippen LogP contribution < -0.4 is 0 Å². The summed E-state index contributed by atoms with van der Waals surface area (Å²) in [6.07, 6.45) is -38.3. The molecule has 0 amide bonds. The lowest BCUT2D eigenvalue weighted by atomic mass is 9.48. The number of rotatable bonds is 14. The van der Waals surface area contributed by atoms with Crippen LogP contribution in [0, 0.1) is 34.5 Å². The van der Waals surface area contributed by atoms with Crippen LogP contribution >= 0.6 is 0 Å². The second-order valence-corrected chi connectivity index (χ2v) is 25.3. The summed E-state index contributed by atoms with van der Waals surface area (Å²) < 4.78 is 100. The standard InChI is InChI=1S/C51H84O27S/c1-17(53)24-8-9-25-23-15-28(27-14-22(78-79(65,66)67)10-12-51(27,7)26(23)11-13-50(24,25)6)72-47-40(64)42(32(56)20(4)70-47)75-48-44(77-46-38(62)35(59)31(55)19(3)69-46)39(63)41(21(5)71-48)74-49-43(36(60)33(57)29(16-52)73-49)76-45-37(61)34(58)30(54)18(2)68-45/h11,17-25,27-49,52-64H,8-10,12-16H2,1-7H3,(H,65,66,67)/t17-,18+,19+,20+,21?,22?,23?,24?,25?,27+,28-,29+,30-,31+,32+,33+,34-,35-,36-,37+,38+,39-,40+,41+,42-,43+,44+,45-,46-,47-,48-,49-,50+,51+/m0/s1. The van der Waals surface area contributed by atoms with E-state index in [0.717, 1.165) is 19.3 Å². The highest BCUT2D eigenvalue weighted by atomic mass is 32.3. The molecule has 14 N–H and O–H groups in total. The van der Waals surface area contributed by atoms with Gasteiger partial charge in [-0.15, -0.1) is 0 Å². The van der Waals surface area contributed by atoms with Crippen LogP contribution in [0.1, 0.15) is 93.4 Å². The Balaban J connectivity index is 0.994. The van der Waals surface area contributed by atoms with Crippen molar-refractivity contribution in [1.82, 2.24) is 0 Å². The number of fused-ring (bicyclic) bond motifs is 5. The highest BCUT2D eigenvalue weighted by molar-refractivity contribution is 7.80. The number of hydrogen-bond acceptors (Lipinski definition) is 26. The van der Waals surface area contributed by atoms with Crippen molar-refractivity contribution in [2.45, 2.75) is 265 Å². The Morgan fingerprint density at radius 3 is 1.66 bits per heavy atom. The smallest absolute Gasteiger partial charge is 0.394 e. The van der Waals surface area contributed by atoms with E-state index in [4.69, 9.17) is 51.6 Å². The minimum atomic E-state index is -4.84. The van der Waals surface area contributed by atoms with Gasteiger partial charge in [0, 0.05) is 0 Å². The molecule has 34 atom stereocenters. The highest BCUT2D eigenvalue weighted by Crippen LogP contribution is 2.66. The number of aliphatic hydroxyl groups is 13. The second kappa shape index (κ2) is 23.9. The molecule has 79 heavy (non-hydrogen) atoms. The molecule has 5 saturated heterocycles. The van der Waals surface area contributed by atoms with Crippen molar-refractivity contribution in [3.63, 3.8) is 0 Å². The van der Waals surface area contributed by atoms with E-state index in [0.29, 0.717) is 19.3 Å². The third-order valence-corrected chi connectivity index (χ3v) is 19.9. The van der Waals surface area contributed by atoms with Crippen LogP contribution in [0.15, 0.2) is 11.6 Å².